The third kappa shape index (κ3) is 4.28. The predicted molar refractivity (Wildman–Crippen MR) is 85.9 cm³/mol. The number of thiophene rings is 1. The number of ether oxygens (including phenoxy) is 1. The number of nitrogens with one attached hydrogen (secondary N) is 1. The number of hydrogen-bond acceptors (Lipinski definition) is 4. The van der Waals surface area contributed by atoms with Gasteiger partial charge in [-0.1, -0.05) is 27.2 Å². The van der Waals surface area contributed by atoms with Crippen molar-refractivity contribution in [2.24, 2.45) is 23.6 Å². The Hall–Kier alpha value is -0.910. The molecule has 0 spiro atoms. The second kappa shape index (κ2) is 7.38. The average Bonchev–Trinajstić information content (AvgIpc) is 2.93. The van der Waals surface area contributed by atoms with Crippen molar-refractivity contribution in [3.05, 3.63) is 21.9 Å². The SMILES string of the molecule is CC1CCC(C(C)C)C(OCc2ccc(C(=O)NN)s2)C1. The fourth-order valence-electron chi connectivity index (χ4n) is 3.14. The molecule has 1 aromatic rings. The summed E-state index contributed by atoms with van der Waals surface area (Å²) < 4.78 is 6.19. The summed E-state index contributed by atoms with van der Waals surface area (Å²) in [6, 6.07) is 3.75. The molecular weight excluding hydrogens is 284 g/mol. The number of hydrogen-bond donors (Lipinski definition) is 2. The molecule has 0 saturated heterocycles. The topological polar surface area (TPSA) is 64.3 Å². The number of hydrazine groups is 1. The minimum Gasteiger partial charge on any atom is -0.372 e. The molecule has 118 valence electrons. The number of nitrogens with two attached hydrogens (primary N) is 1. The number of rotatable bonds is 5. The molecule has 2 rings (SSSR count). The number of nitrogen functional groups attached to an aromatic ring is 1. The van der Waals surface area contributed by atoms with Crippen LogP contribution in [0.1, 0.15) is 54.6 Å². The number of carbonyl (C=O) groups is 1. The predicted octanol–water partition coefficient (Wildman–Crippen LogP) is 3.33. The lowest BCUT2D eigenvalue weighted by Gasteiger charge is -2.37. The van der Waals surface area contributed by atoms with Gasteiger partial charge in [0.05, 0.1) is 17.6 Å². The normalized spacial score (nSPS) is 26.0. The quantitative estimate of drug-likeness (QED) is 0.498. The highest BCUT2D eigenvalue weighted by Crippen LogP contribution is 2.36. The first kappa shape index (κ1) is 16.5. The molecule has 3 unspecified atom stereocenters. The first-order valence-electron chi connectivity index (χ1n) is 7.72. The first-order valence-corrected chi connectivity index (χ1v) is 8.54. The van der Waals surface area contributed by atoms with Crippen LogP contribution in [0.15, 0.2) is 12.1 Å². The van der Waals surface area contributed by atoms with Crippen molar-refractivity contribution in [1.29, 1.82) is 0 Å². The van der Waals surface area contributed by atoms with Gasteiger partial charge in [0.2, 0.25) is 0 Å². The molecule has 3 N–H and O–H groups in total. The van der Waals surface area contributed by atoms with Crippen molar-refractivity contribution >= 4 is 17.2 Å². The van der Waals surface area contributed by atoms with Crippen LogP contribution in [0.4, 0.5) is 0 Å². The van der Waals surface area contributed by atoms with Crippen molar-refractivity contribution < 1.29 is 9.53 Å². The van der Waals surface area contributed by atoms with Gasteiger partial charge in [-0.25, -0.2) is 5.84 Å². The van der Waals surface area contributed by atoms with Gasteiger partial charge in [0.1, 0.15) is 0 Å². The van der Waals surface area contributed by atoms with E-state index >= 15 is 0 Å². The molecule has 0 aliphatic heterocycles. The Bertz CT molecular complexity index is 473. The van der Waals surface area contributed by atoms with Gasteiger partial charge in [-0.15, -0.1) is 11.3 Å². The van der Waals surface area contributed by atoms with Gasteiger partial charge < -0.3 is 4.74 Å². The Morgan fingerprint density at radius 1 is 1.48 bits per heavy atom. The molecule has 1 amide bonds. The zero-order valence-electron chi connectivity index (χ0n) is 13.1. The van der Waals surface area contributed by atoms with Gasteiger partial charge in [0.25, 0.3) is 5.91 Å². The summed E-state index contributed by atoms with van der Waals surface area (Å²) >= 11 is 1.45. The first-order chi connectivity index (χ1) is 10.0. The van der Waals surface area contributed by atoms with Crippen molar-refractivity contribution in [2.45, 2.75) is 52.7 Å². The largest absolute Gasteiger partial charge is 0.372 e. The van der Waals surface area contributed by atoms with Gasteiger partial charge >= 0.3 is 0 Å². The minimum absolute atomic E-state index is 0.238. The van der Waals surface area contributed by atoms with Crippen LogP contribution < -0.4 is 11.3 Å². The molecule has 1 aliphatic rings. The molecule has 5 heteroatoms. The molecule has 1 aromatic heterocycles. The second-order valence-corrected chi connectivity index (χ2v) is 7.58. The lowest BCUT2D eigenvalue weighted by molar-refractivity contribution is -0.0463. The van der Waals surface area contributed by atoms with Crippen molar-refractivity contribution in [3.8, 4) is 0 Å². The smallest absolute Gasteiger partial charge is 0.275 e. The summed E-state index contributed by atoms with van der Waals surface area (Å²) in [5.41, 5.74) is 2.16. The molecule has 0 bridgehead atoms. The van der Waals surface area contributed by atoms with Crippen molar-refractivity contribution in [3.63, 3.8) is 0 Å². The van der Waals surface area contributed by atoms with E-state index in [-0.39, 0.29) is 5.91 Å². The van der Waals surface area contributed by atoms with Crippen LogP contribution in [0.5, 0.6) is 0 Å². The van der Waals surface area contributed by atoms with Gasteiger partial charge in [-0.2, -0.15) is 0 Å². The molecular formula is C16H26N2O2S. The Morgan fingerprint density at radius 3 is 2.90 bits per heavy atom. The summed E-state index contributed by atoms with van der Waals surface area (Å²) in [5.74, 6) is 6.95. The van der Waals surface area contributed by atoms with Crippen LogP contribution in [0, 0.1) is 17.8 Å². The van der Waals surface area contributed by atoms with Crippen molar-refractivity contribution in [1.82, 2.24) is 5.43 Å². The van der Waals surface area contributed by atoms with Gasteiger partial charge in [0, 0.05) is 4.88 Å². The molecule has 1 heterocycles. The summed E-state index contributed by atoms with van der Waals surface area (Å²) in [4.78, 5) is 13.2. The van der Waals surface area contributed by atoms with Crippen LogP contribution in [-0.2, 0) is 11.3 Å². The van der Waals surface area contributed by atoms with Gasteiger partial charge in [-0.3, -0.25) is 10.2 Å². The molecule has 1 aliphatic carbocycles. The Morgan fingerprint density at radius 2 is 2.24 bits per heavy atom. The number of carbonyl (C=O) groups excluding carboxylic acids is 1. The Balaban J connectivity index is 1.93. The van der Waals surface area contributed by atoms with Crippen molar-refractivity contribution in [2.75, 3.05) is 0 Å². The zero-order valence-corrected chi connectivity index (χ0v) is 13.9. The van der Waals surface area contributed by atoms with E-state index < -0.39 is 0 Å². The Labute approximate surface area is 131 Å². The molecule has 1 saturated carbocycles. The molecule has 4 nitrogen and oxygen atoms in total. The van der Waals surface area contributed by atoms with E-state index in [4.69, 9.17) is 10.6 Å². The molecule has 0 radical (unpaired) electrons. The summed E-state index contributed by atoms with van der Waals surface area (Å²) in [7, 11) is 0. The van der Waals surface area contributed by atoms with Crippen LogP contribution in [0.2, 0.25) is 0 Å². The highest BCUT2D eigenvalue weighted by molar-refractivity contribution is 7.14. The lowest BCUT2D eigenvalue weighted by Crippen LogP contribution is -2.34. The molecule has 0 aromatic carbocycles. The van der Waals surface area contributed by atoms with E-state index in [1.54, 1.807) is 6.07 Å². The molecule has 21 heavy (non-hydrogen) atoms. The van der Waals surface area contributed by atoms with Gasteiger partial charge in [-0.05, 0) is 42.7 Å². The minimum atomic E-state index is -0.238. The summed E-state index contributed by atoms with van der Waals surface area (Å²) in [6.07, 6.45) is 4.05. The zero-order chi connectivity index (χ0) is 15.4. The highest BCUT2D eigenvalue weighted by Gasteiger charge is 2.31. The van der Waals surface area contributed by atoms with Crippen LogP contribution >= 0.6 is 11.3 Å². The van der Waals surface area contributed by atoms with Crippen LogP contribution in [-0.4, -0.2) is 12.0 Å². The van der Waals surface area contributed by atoms with Gasteiger partial charge in [0.15, 0.2) is 0 Å². The highest BCUT2D eigenvalue weighted by atomic mass is 32.1. The fraction of sp³-hybridized carbons (Fsp3) is 0.688. The maximum absolute atomic E-state index is 11.5. The summed E-state index contributed by atoms with van der Waals surface area (Å²) in [5, 5.41) is 0. The van der Waals surface area contributed by atoms with E-state index in [1.807, 2.05) is 6.07 Å². The maximum atomic E-state index is 11.5. The van der Waals surface area contributed by atoms with Crippen LogP contribution in [0.25, 0.3) is 0 Å². The second-order valence-electron chi connectivity index (χ2n) is 6.41. The van der Waals surface area contributed by atoms with E-state index in [0.29, 0.717) is 29.4 Å². The van der Waals surface area contributed by atoms with E-state index in [9.17, 15) is 4.79 Å². The average molecular weight is 310 g/mol. The molecule has 1 fully saturated rings. The maximum Gasteiger partial charge on any atom is 0.275 e. The third-order valence-electron chi connectivity index (χ3n) is 4.42. The number of amides is 1. The van der Waals surface area contributed by atoms with E-state index in [1.165, 1.54) is 24.2 Å². The third-order valence-corrected chi connectivity index (χ3v) is 5.48. The lowest BCUT2D eigenvalue weighted by atomic mass is 9.75. The van der Waals surface area contributed by atoms with Crippen LogP contribution in [0.3, 0.4) is 0 Å². The summed E-state index contributed by atoms with van der Waals surface area (Å²) in [6.45, 7) is 7.46. The monoisotopic (exact) mass is 310 g/mol. The fourth-order valence-corrected chi connectivity index (χ4v) is 3.98. The van der Waals surface area contributed by atoms with E-state index in [0.717, 1.165) is 17.2 Å². The van der Waals surface area contributed by atoms with E-state index in [2.05, 4.69) is 26.2 Å². The molecule has 3 atom stereocenters. The standard InChI is InChI=1S/C16H26N2O2S/c1-10(2)13-6-4-11(3)8-14(13)20-9-12-5-7-15(21-12)16(19)18-17/h5,7,10-11,13-14H,4,6,8-9,17H2,1-3H3,(H,18,19). The Kier molecular flexibility index (Phi) is 5.79.